The summed E-state index contributed by atoms with van der Waals surface area (Å²) in [6, 6.07) is 36.0. The largest absolute Gasteiger partial charge is 0.492 e. The van der Waals surface area contributed by atoms with E-state index in [9.17, 15) is 9.59 Å². The number of ether oxygens (including phenoxy) is 2. The first kappa shape index (κ1) is 32.3. The highest BCUT2D eigenvalue weighted by Gasteiger charge is 2.23. The lowest BCUT2D eigenvalue weighted by Gasteiger charge is -2.19. The Morgan fingerprint density at radius 2 is 1.42 bits per heavy atom. The Hall–Kier alpha value is -5.63. The Bertz CT molecular complexity index is 2010. The minimum Gasteiger partial charge on any atom is -0.492 e. The number of fused-ring (bicyclic) bond motifs is 3. The van der Waals surface area contributed by atoms with Gasteiger partial charge in [0.05, 0.1) is 11.9 Å². The van der Waals surface area contributed by atoms with E-state index in [-0.39, 0.29) is 5.91 Å². The summed E-state index contributed by atoms with van der Waals surface area (Å²) in [7, 11) is 0. The lowest BCUT2D eigenvalue weighted by molar-refractivity contribution is 0.0520. The monoisotopic (exact) mass is 641 g/mol. The van der Waals surface area contributed by atoms with Gasteiger partial charge in [-0.15, -0.1) is 0 Å². The molecular formula is C40H39N3O5. The van der Waals surface area contributed by atoms with Crippen molar-refractivity contribution in [2.45, 2.75) is 39.2 Å². The SMILES string of the molecule is CC(C)(C)OC(=O)NCCOc1ccc(CCNC(=O)c2nc3oc(Cc4ccccc4)c(-c4ccccc4)c3c3ccccc23)cc1. The number of aromatic nitrogens is 1. The molecule has 0 spiro atoms. The van der Waals surface area contributed by atoms with Gasteiger partial charge in [0.2, 0.25) is 5.71 Å². The van der Waals surface area contributed by atoms with E-state index in [0.29, 0.717) is 49.7 Å². The van der Waals surface area contributed by atoms with Crippen LogP contribution in [0, 0.1) is 0 Å². The van der Waals surface area contributed by atoms with Gasteiger partial charge in [0, 0.05) is 23.9 Å². The molecule has 0 aliphatic carbocycles. The molecule has 0 aliphatic rings. The molecule has 0 unspecified atom stereocenters. The molecule has 48 heavy (non-hydrogen) atoms. The second-order valence-corrected chi connectivity index (χ2v) is 12.5. The van der Waals surface area contributed by atoms with Crippen LogP contribution in [0.2, 0.25) is 0 Å². The number of nitrogens with zero attached hydrogens (tertiary/aromatic N) is 1. The Morgan fingerprint density at radius 1 is 0.750 bits per heavy atom. The van der Waals surface area contributed by atoms with E-state index in [1.165, 1.54) is 0 Å². The summed E-state index contributed by atoms with van der Waals surface area (Å²) in [4.78, 5) is 30.2. The quantitative estimate of drug-likeness (QED) is 0.139. The third kappa shape index (κ3) is 7.83. The first-order chi connectivity index (χ1) is 23.2. The van der Waals surface area contributed by atoms with Crippen molar-refractivity contribution in [2.24, 2.45) is 0 Å². The molecule has 244 valence electrons. The number of hydrogen-bond donors (Lipinski definition) is 2. The minimum absolute atomic E-state index is 0.257. The van der Waals surface area contributed by atoms with Crippen molar-refractivity contribution in [1.82, 2.24) is 15.6 Å². The molecule has 6 aromatic rings. The molecule has 4 aromatic carbocycles. The average molecular weight is 642 g/mol. The van der Waals surface area contributed by atoms with Crippen LogP contribution in [0.5, 0.6) is 5.75 Å². The fraction of sp³-hybridized carbons (Fsp3) is 0.225. The number of pyridine rings is 1. The maximum Gasteiger partial charge on any atom is 0.407 e. The Kier molecular flexibility index (Phi) is 9.71. The van der Waals surface area contributed by atoms with Gasteiger partial charge in [-0.3, -0.25) is 4.79 Å². The minimum atomic E-state index is -0.545. The summed E-state index contributed by atoms with van der Waals surface area (Å²) in [6.45, 7) is 6.53. The van der Waals surface area contributed by atoms with Crippen molar-refractivity contribution in [3.8, 4) is 16.9 Å². The number of nitrogens with one attached hydrogen (secondary N) is 2. The van der Waals surface area contributed by atoms with Crippen molar-refractivity contribution in [3.63, 3.8) is 0 Å². The molecule has 2 amide bonds. The maximum absolute atomic E-state index is 13.6. The van der Waals surface area contributed by atoms with Crippen LogP contribution in [-0.4, -0.2) is 42.3 Å². The summed E-state index contributed by atoms with van der Waals surface area (Å²) in [6.07, 6.45) is 0.761. The highest BCUT2D eigenvalue weighted by Crippen LogP contribution is 2.40. The smallest absolute Gasteiger partial charge is 0.407 e. The zero-order valence-electron chi connectivity index (χ0n) is 27.4. The van der Waals surface area contributed by atoms with Crippen molar-refractivity contribution in [1.29, 1.82) is 0 Å². The molecule has 0 atom stereocenters. The lowest BCUT2D eigenvalue weighted by Crippen LogP contribution is -2.34. The molecule has 0 saturated carbocycles. The number of amides is 2. The zero-order valence-corrected chi connectivity index (χ0v) is 27.4. The maximum atomic E-state index is 13.6. The van der Waals surface area contributed by atoms with Gasteiger partial charge in [0.15, 0.2) is 0 Å². The van der Waals surface area contributed by atoms with E-state index >= 15 is 0 Å². The summed E-state index contributed by atoms with van der Waals surface area (Å²) in [5.74, 6) is 1.25. The van der Waals surface area contributed by atoms with Gasteiger partial charge < -0.3 is 24.5 Å². The number of hydrogen-bond acceptors (Lipinski definition) is 6. The Morgan fingerprint density at radius 3 is 2.12 bits per heavy atom. The zero-order chi connectivity index (χ0) is 33.5. The Balaban J connectivity index is 1.15. The highest BCUT2D eigenvalue weighted by molar-refractivity contribution is 6.17. The van der Waals surface area contributed by atoms with Crippen molar-refractivity contribution in [3.05, 3.63) is 132 Å². The number of benzene rings is 4. The van der Waals surface area contributed by atoms with Gasteiger partial charge in [-0.1, -0.05) is 97.1 Å². The number of carbonyl (C=O) groups is 2. The predicted molar refractivity (Wildman–Crippen MR) is 188 cm³/mol. The molecule has 0 radical (unpaired) electrons. The Labute approximate surface area is 280 Å². The molecule has 0 saturated heterocycles. The van der Waals surface area contributed by atoms with E-state index in [1.807, 2.05) is 106 Å². The molecular weight excluding hydrogens is 602 g/mol. The fourth-order valence-corrected chi connectivity index (χ4v) is 5.64. The second-order valence-electron chi connectivity index (χ2n) is 12.5. The standard InChI is InChI=1S/C40H39N3O5/c1-40(2,3)48-39(45)42-24-25-46-30-20-18-27(19-21-30)22-23-41-37(44)36-32-17-11-10-16-31(32)35-34(29-14-8-5-9-15-29)33(47-38(35)43-36)26-28-12-6-4-7-13-28/h4-21H,22-26H2,1-3H3,(H,41,44)(H,42,45). The molecule has 0 aliphatic heterocycles. The summed E-state index contributed by atoms with van der Waals surface area (Å²) >= 11 is 0. The van der Waals surface area contributed by atoms with E-state index in [1.54, 1.807) is 0 Å². The predicted octanol–water partition coefficient (Wildman–Crippen LogP) is 8.11. The van der Waals surface area contributed by atoms with Crippen molar-refractivity contribution >= 4 is 33.9 Å². The van der Waals surface area contributed by atoms with E-state index in [4.69, 9.17) is 18.9 Å². The van der Waals surface area contributed by atoms with Crippen LogP contribution < -0.4 is 15.4 Å². The molecule has 6 rings (SSSR count). The van der Waals surface area contributed by atoms with Crippen LogP contribution >= 0.6 is 0 Å². The molecule has 2 aromatic heterocycles. The number of alkyl carbamates (subject to hydrolysis) is 1. The van der Waals surface area contributed by atoms with Crippen LogP contribution in [-0.2, 0) is 17.6 Å². The van der Waals surface area contributed by atoms with E-state index in [0.717, 1.165) is 44.2 Å². The van der Waals surface area contributed by atoms with E-state index < -0.39 is 11.7 Å². The third-order valence-electron chi connectivity index (χ3n) is 7.77. The van der Waals surface area contributed by atoms with Crippen LogP contribution in [0.1, 0.15) is 48.1 Å². The summed E-state index contributed by atoms with van der Waals surface area (Å²) < 4.78 is 17.4. The highest BCUT2D eigenvalue weighted by atomic mass is 16.6. The average Bonchev–Trinajstić information content (AvgIpc) is 3.45. The van der Waals surface area contributed by atoms with Crippen LogP contribution in [0.25, 0.3) is 33.0 Å². The van der Waals surface area contributed by atoms with Gasteiger partial charge in [-0.25, -0.2) is 9.78 Å². The van der Waals surface area contributed by atoms with E-state index in [2.05, 4.69) is 34.9 Å². The topological polar surface area (TPSA) is 103 Å². The van der Waals surface area contributed by atoms with Crippen molar-refractivity contribution < 1.29 is 23.5 Å². The molecule has 0 bridgehead atoms. The molecule has 0 fully saturated rings. The first-order valence-electron chi connectivity index (χ1n) is 16.2. The van der Waals surface area contributed by atoms with Gasteiger partial charge in [-0.05, 0) is 61.4 Å². The van der Waals surface area contributed by atoms with Crippen LogP contribution in [0.3, 0.4) is 0 Å². The van der Waals surface area contributed by atoms with Gasteiger partial charge in [0.25, 0.3) is 5.91 Å². The lowest BCUT2D eigenvalue weighted by atomic mass is 9.96. The molecule has 8 heteroatoms. The number of carbonyl (C=O) groups excluding carboxylic acids is 2. The van der Waals surface area contributed by atoms with Crippen LogP contribution in [0.15, 0.2) is 114 Å². The fourth-order valence-electron chi connectivity index (χ4n) is 5.64. The third-order valence-corrected chi connectivity index (χ3v) is 7.77. The van der Waals surface area contributed by atoms with Gasteiger partial charge >= 0.3 is 6.09 Å². The molecule has 8 nitrogen and oxygen atoms in total. The van der Waals surface area contributed by atoms with Gasteiger partial charge in [-0.2, -0.15) is 0 Å². The summed E-state index contributed by atoms with van der Waals surface area (Å²) in [5.41, 5.74) is 4.45. The normalized spacial score (nSPS) is 11.4. The number of rotatable bonds is 11. The number of furan rings is 1. The molecule has 2 heterocycles. The summed E-state index contributed by atoms with van der Waals surface area (Å²) in [5, 5.41) is 8.33. The molecule has 2 N–H and O–H groups in total. The van der Waals surface area contributed by atoms with Crippen molar-refractivity contribution in [2.75, 3.05) is 19.7 Å². The second kappa shape index (κ2) is 14.4. The first-order valence-corrected chi connectivity index (χ1v) is 16.2. The van der Waals surface area contributed by atoms with Crippen LogP contribution in [0.4, 0.5) is 4.79 Å². The van der Waals surface area contributed by atoms with Gasteiger partial charge in [0.1, 0.15) is 29.4 Å².